The number of aliphatic carboxylic acids is 1. The van der Waals surface area contributed by atoms with Crippen molar-refractivity contribution in [1.82, 2.24) is 10.2 Å². The van der Waals surface area contributed by atoms with Crippen molar-refractivity contribution in [2.45, 2.75) is 49.9 Å². The molecule has 84 valence electrons. The van der Waals surface area contributed by atoms with E-state index < -0.39 is 5.97 Å². The first kappa shape index (κ1) is 9.60. The Balaban J connectivity index is 1.83. The number of carboxylic acids is 1. The van der Waals surface area contributed by atoms with Gasteiger partial charge in [0.1, 0.15) is 6.04 Å². The first-order chi connectivity index (χ1) is 7.16. The molecule has 2 N–H and O–H groups in total. The van der Waals surface area contributed by atoms with Gasteiger partial charge >= 0.3 is 5.97 Å². The van der Waals surface area contributed by atoms with Crippen LogP contribution in [0.4, 0.5) is 0 Å². The number of nitrogens with zero attached hydrogens (tertiary/aromatic N) is 1. The van der Waals surface area contributed by atoms with Gasteiger partial charge in [0, 0.05) is 18.1 Å². The fourth-order valence-electron chi connectivity index (χ4n) is 3.83. The number of likely N-dealkylation sites (tertiary alicyclic amines) is 1. The van der Waals surface area contributed by atoms with Crippen LogP contribution >= 0.6 is 0 Å². The molecule has 0 aromatic carbocycles. The monoisotopic (exact) mass is 210 g/mol. The Kier molecular flexibility index (Phi) is 2.04. The molecular formula is C11H18N2O2. The maximum absolute atomic E-state index is 11.1. The first-order valence-corrected chi connectivity index (χ1v) is 5.87. The quantitative estimate of drug-likeness (QED) is 0.653. The Morgan fingerprint density at radius 3 is 2.93 bits per heavy atom. The van der Waals surface area contributed by atoms with Gasteiger partial charge in [0.25, 0.3) is 0 Å². The number of carbonyl (C=O) groups is 1. The van der Waals surface area contributed by atoms with E-state index in [1.807, 2.05) is 7.05 Å². The fourth-order valence-corrected chi connectivity index (χ4v) is 3.83. The van der Waals surface area contributed by atoms with Crippen molar-refractivity contribution in [3.8, 4) is 0 Å². The Morgan fingerprint density at radius 1 is 1.40 bits per heavy atom. The van der Waals surface area contributed by atoms with Crippen molar-refractivity contribution in [3.05, 3.63) is 0 Å². The second kappa shape index (κ2) is 3.19. The lowest BCUT2D eigenvalue weighted by atomic mass is 9.87. The third-order valence-electron chi connectivity index (χ3n) is 4.61. The maximum Gasteiger partial charge on any atom is 0.320 e. The number of hydrogen-bond acceptors (Lipinski definition) is 3. The minimum atomic E-state index is -0.650. The van der Waals surface area contributed by atoms with E-state index in [0.717, 1.165) is 12.8 Å². The largest absolute Gasteiger partial charge is 0.480 e. The predicted molar refractivity (Wildman–Crippen MR) is 55.6 cm³/mol. The van der Waals surface area contributed by atoms with E-state index in [-0.39, 0.29) is 6.04 Å². The van der Waals surface area contributed by atoms with E-state index in [1.165, 1.54) is 12.8 Å². The summed E-state index contributed by atoms with van der Waals surface area (Å²) in [6, 6.07) is 1.48. The van der Waals surface area contributed by atoms with Gasteiger partial charge in [-0.3, -0.25) is 9.69 Å². The minimum absolute atomic E-state index is 0.249. The van der Waals surface area contributed by atoms with Crippen molar-refractivity contribution in [2.24, 2.45) is 5.92 Å². The summed E-state index contributed by atoms with van der Waals surface area (Å²) < 4.78 is 0. The normalized spacial score (nSPS) is 49.3. The number of hydrogen-bond donors (Lipinski definition) is 2. The maximum atomic E-state index is 11.1. The zero-order chi connectivity index (χ0) is 10.6. The molecule has 0 spiro atoms. The van der Waals surface area contributed by atoms with Gasteiger partial charge in [0.15, 0.2) is 0 Å². The van der Waals surface area contributed by atoms with Crippen LogP contribution in [0.1, 0.15) is 25.7 Å². The summed E-state index contributed by atoms with van der Waals surface area (Å²) in [5.74, 6) is -0.0855. The zero-order valence-electron chi connectivity index (χ0n) is 9.02. The van der Waals surface area contributed by atoms with E-state index in [0.29, 0.717) is 24.0 Å². The lowest BCUT2D eigenvalue weighted by molar-refractivity contribution is -0.142. The fraction of sp³-hybridized carbons (Fsp3) is 0.909. The molecule has 0 aliphatic carbocycles. The molecule has 0 saturated carbocycles. The number of likely N-dealkylation sites (N-methyl/N-ethyl adjacent to an activating group) is 1. The van der Waals surface area contributed by atoms with Gasteiger partial charge < -0.3 is 10.4 Å². The Morgan fingerprint density at radius 2 is 2.20 bits per heavy atom. The van der Waals surface area contributed by atoms with Gasteiger partial charge in [-0.15, -0.1) is 0 Å². The average molecular weight is 210 g/mol. The van der Waals surface area contributed by atoms with Gasteiger partial charge in [-0.1, -0.05) is 0 Å². The molecule has 3 saturated heterocycles. The van der Waals surface area contributed by atoms with Crippen molar-refractivity contribution in [1.29, 1.82) is 0 Å². The molecular weight excluding hydrogens is 192 g/mol. The topological polar surface area (TPSA) is 52.6 Å². The highest BCUT2D eigenvalue weighted by molar-refractivity contribution is 5.74. The van der Waals surface area contributed by atoms with Crippen LogP contribution in [0.5, 0.6) is 0 Å². The first-order valence-electron chi connectivity index (χ1n) is 5.87. The Bertz CT molecular complexity index is 294. The standard InChI is InChI=1S/C11H18N2O2/c1-13-9-4-6-2-3-8(12-6)7(9)5-10(13)11(14)15/h6-10,12H,2-5H2,1H3,(H,14,15). The summed E-state index contributed by atoms with van der Waals surface area (Å²) in [6.45, 7) is 0. The van der Waals surface area contributed by atoms with Crippen LogP contribution in [-0.2, 0) is 4.79 Å². The molecule has 0 aromatic heterocycles. The average Bonchev–Trinajstić information content (AvgIpc) is 2.72. The molecule has 0 aromatic rings. The van der Waals surface area contributed by atoms with Crippen LogP contribution in [-0.4, -0.2) is 47.2 Å². The number of carboxylic acid groups (broad SMARTS) is 1. The van der Waals surface area contributed by atoms with E-state index in [2.05, 4.69) is 10.2 Å². The van der Waals surface area contributed by atoms with E-state index >= 15 is 0 Å². The van der Waals surface area contributed by atoms with E-state index in [9.17, 15) is 4.79 Å². The van der Waals surface area contributed by atoms with Crippen LogP contribution in [0.15, 0.2) is 0 Å². The molecule has 15 heavy (non-hydrogen) atoms. The minimum Gasteiger partial charge on any atom is -0.480 e. The number of nitrogens with one attached hydrogen (secondary N) is 1. The van der Waals surface area contributed by atoms with E-state index in [4.69, 9.17) is 5.11 Å². The van der Waals surface area contributed by atoms with Gasteiger partial charge in [-0.2, -0.15) is 0 Å². The number of piperidine rings is 1. The summed E-state index contributed by atoms with van der Waals surface area (Å²) in [7, 11) is 1.98. The lowest BCUT2D eigenvalue weighted by Gasteiger charge is -2.35. The zero-order valence-corrected chi connectivity index (χ0v) is 9.02. The highest BCUT2D eigenvalue weighted by atomic mass is 16.4. The molecule has 3 rings (SSSR count). The molecule has 3 heterocycles. The molecule has 0 radical (unpaired) electrons. The molecule has 3 aliphatic heterocycles. The number of rotatable bonds is 1. The van der Waals surface area contributed by atoms with Crippen molar-refractivity contribution in [2.75, 3.05) is 7.05 Å². The molecule has 5 unspecified atom stereocenters. The van der Waals surface area contributed by atoms with Gasteiger partial charge in [-0.25, -0.2) is 0 Å². The third-order valence-corrected chi connectivity index (χ3v) is 4.61. The van der Waals surface area contributed by atoms with Crippen molar-refractivity contribution >= 4 is 5.97 Å². The van der Waals surface area contributed by atoms with Crippen LogP contribution in [0.25, 0.3) is 0 Å². The molecule has 3 aliphatic rings. The van der Waals surface area contributed by atoms with Crippen LogP contribution < -0.4 is 5.32 Å². The second-order valence-electron chi connectivity index (χ2n) is 5.27. The summed E-state index contributed by atoms with van der Waals surface area (Å²) >= 11 is 0. The van der Waals surface area contributed by atoms with Crippen LogP contribution in [0.3, 0.4) is 0 Å². The molecule has 4 heteroatoms. The summed E-state index contributed by atoms with van der Waals surface area (Å²) in [6.07, 6.45) is 4.50. The predicted octanol–water partition coefficient (Wildman–Crippen LogP) is 0.284. The van der Waals surface area contributed by atoms with Gasteiger partial charge in [0.2, 0.25) is 0 Å². The van der Waals surface area contributed by atoms with Crippen LogP contribution in [0.2, 0.25) is 0 Å². The highest BCUT2D eigenvalue weighted by Gasteiger charge is 2.51. The second-order valence-corrected chi connectivity index (χ2v) is 5.27. The molecule has 0 amide bonds. The van der Waals surface area contributed by atoms with E-state index in [1.54, 1.807) is 0 Å². The summed E-state index contributed by atoms with van der Waals surface area (Å²) in [5.41, 5.74) is 0. The highest BCUT2D eigenvalue weighted by Crippen LogP contribution is 2.42. The molecule has 3 fully saturated rings. The van der Waals surface area contributed by atoms with Gasteiger partial charge in [0.05, 0.1) is 0 Å². The number of fused-ring (bicyclic) bond motifs is 4. The molecule has 5 atom stereocenters. The smallest absolute Gasteiger partial charge is 0.320 e. The van der Waals surface area contributed by atoms with Crippen molar-refractivity contribution in [3.63, 3.8) is 0 Å². The Labute approximate surface area is 89.6 Å². The Hall–Kier alpha value is -0.610. The molecule has 4 nitrogen and oxygen atoms in total. The van der Waals surface area contributed by atoms with Gasteiger partial charge in [-0.05, 0) is 38.6 Å². The summed E-state index contributed by atoms with van der Waals surface area (Å²) in [5, 5.41) is 12.8. The van der Waals surface area contributed by atoms with Crippen molar-refractivity contribution < 1.29 is 9.90 Å². The molecule has 2 bridgehead atoms. The third kappa shape index (κ3) is 1.31. The van der Waals surface area contributed by atoms with Crippen LogP contribution in [0, 0.1) is 5.92 Å². The summed E-state index contributed by atoms with van der Waals surface area (Å²) in [4.78, 5) is 13.2. The lowest BCUT2D eigenvalue weighted by Crippen LogP contribution is -2.49. The SMILES string of the molecule is CN1C(C(=O)O)CC2C3CCC(CC21)N3.